The highest BCUT2D eigenvalue weighted by Gasteiger charge is 2.49. The molecule has 0 bridgehead atoms. The zero-order chi connectivity index (χ0) is 22.2. The van der Waals surface area contributed by atoms with E-state index in [1.165, 1.54) is 55.6 Å². The molecule has 1 spiro atoms. The summed E-state index contributed by atoms with van der Waals surface area (Å²) in [6, 6.07) is 39.6. The van der Waals surface area contributed by atoms with Gasteiger partial charge in [-0.3, -0.25) is 0 Å². The fourth-order valence-electron chi connectivity index (χ4n) is 6.05. The lowest BCUT2D eigenvalue weighted by molar-refractivity contribution is 0.775. The summed E-state index contributed by atoms with van der Waals surface area (Å²) in [7, 11) is 0. The fourth-order valence-corrected chi connectivity index (χ4v) is 6.58. The minimum Gasteiger partial charge on any atom is -0.0843 e. The van der Waals surface area contributed by atoms with Gasteiger partial charge in [-0.1, -0.05) is 112 Å². The molecule has 0 radical (unpaired) electrons. The summed E-state index contributed by atoms with van der Waals surface area (Å²) in [5.74, 6) is 0. The quantitative estimate of drug-likeness (QED) is 0.193. The number of halogens is 2. The van der Waals surface area contributed by atoms with Gasteiger partial charge in [-0.15, -0.1) is 0 Å². The first kappa shape index (κ1) is 19.3. The van der Waals surface area contributed by atoms with Crippen molar-refractivity contribution in [1.82, 2.24) is 0 Å². The van der Waals surface area contributed by atoms with Crippen LogP contribution in [0.3, 0.4) is 0 Å². The van der Waals surface area contributed by atoms with Crippen molar-refractivity contribution < 1.29 is 0 Å². The van der Waals surface area contributed by atoms with Crippen LogP contribution in [-0.4, -0.2) is 0 Å². The second kappa shape index (κ2) is 6.93. The lowest BCUT2D eigenvalue weighted by Crippen LogP contribution is -2.29. The third-order valence-corrected chi connectivity index (χ3v) is 7.96. The molecule has 2 heteroatoms. The molecule has 2 aliphatic carbocycles. The second-order valence-corrected chi connectivity index (χ2v) is 10.1. The summed E-state index contributed by atoms with van der Waals surface area (Å²) >= 11 is 10.3. The number of fused-ring (bicyclic) bond motifs is 12. The van der Waals surface area contributed by atoms with Crippen LogP contribution in [0.25, 0.3) is 33.4 Å². The molecule has 5 aromatic carbocycles. The van der Waals surface area contributed by atoms with Crippen molar-refractivity contribution in [1.29, 1.82) is 0 Å². The Hall–Kier alpha value is -3.13. The molecule has 0 heterocycles. The summed E-state index contributed by atoms with van der Waals surface area (Å²) in [6.45, 7) is 0. The number of rotatable bonds is 0. The SMILES string of the molecule is Clc1ccc2c(c1)-c1ccccc1C21c2ccccc2-c2ccccc2-c2cc(Br)ccc21. The predicted molar refractivity (Wildman–Crippen MR) is 141 cm³/mol. The van der Waals surface area contributed by atoms with Gasteiger partial charge in [0.1, 0.15) is 0 Å². The number of hydrogen-bond acceptors (Lipinski definition) is 0. The maximum absolute atomic E-state index is 6.54. The maximum atomic E-state index is 6.54. The zero-order valence-corrected chi connectivity index (χ0v) is 20.0. The fraction of sp³-hybridized carbons (Fsp3) is 0.0323. The van der Waals surface area contributed by atoms with Crippen LogP contribution in [0.5, 0.6) is 0 Å². The van der Waals surface area contributed by atoms with Gasteiger partial charge in [0.05, 0.1) is 5.41 Å². The summed E-state index contributed by atoms with van der Waals surface area (Å²) in [4.78, 5) is 0. The molecule has 1 unspecified atom stereocenters. The Morgan fingerprint density at radius 3 is 1.58 bits per heavy atom. The Morgan fingerprint density at radius 1 is 0.455 bits per heavy atom. The summed E-state index contributed by atoms with van der Waals surface area (Å²) < 4.78 is 1.08. The van der Waals surface area contributed by atoms with Gasteiger partial charge in [-0.2, -0.15) is 0 Å². The number of benzene rings is 5. The van der Waals surface area contributed by atoms with Crippen LogP contribution < -0.4 is 0 Å². The van der Waals surface area contributed by atoms with Gasteiger partial charge in [0.15, 0.2) is 0 Å². The normalized spacial score (nSPS) is 16.9. The highest BCUT2D eigenvalue weighted by atomic mass is 79.9. The molecule has 33 heavy (non-hydrogen) atoms. The van der Waals surface area contributed by atoms with Gasteiger partial charge in [-0.25, -0.2) is 0 Å². The van der Waals surface area contributed by atoms with E-state index < -0.39 is 5.41 Å². The van der Waals surface area contributed by atoms with Crippen molar-refractivity contribution in [3.05, 3.63) is 141 Å². The van der Waals surface area contributed by atoms with Crippen molar-refractivity contribution in [3.8, 4) is 33.4 Å². The molecule has 0 saturated carbocycles. The standard InChI is InChI=1S/C31H18BrCl/c32-19-13-15-29-25(17-19)22-8-2-1-7-21(22)23-9-3-5-11-27(23)31(29)28-12-6-4-10-24(28)26-18-20(33)14-16-30(26)31/h1-18H. The first-order valence-electron chi connectivity index (χ1n) is 11.1. The van der Waals surface area contributed by atoms with Crippen molar-refractivity contribution in [2.24, 2.45) is 0 Å². The Kier molecular flexibility index (Phi) is 4.07. The maximum Gasteiger partial charge on any atom is 0.0725 e. The Balaban J connectivity index is 1.77. The first-order chi connectivity index (χ1) is 16.2. The largest absolute Gasteiger partial charge is 0.0843 e. The van der Waals surface area contributed by atoms with Crippen LogP contribution in [0.2, 0.25) is 5.02 Å². The molecule has 0 saturated heterocycles. The van der Waals surface area contributed by atoms with Crippen LogP contribution in [0.15, 0.2) is 114 Å². The molecule has 7 rings (SSSR count). The minimum atomic E-state index is -0.428. The van der Waals surface area contributed by atoms with E-state index >= 15 is 0 Å². The molecule has 0 fully saturated rings. The Labute approximate surface area is 206 Å². The van der Waals surface area contributed by atoms with Crippen molar-refractivity contribution >= 4 is 27.5 Å². The van der Waals surface area contributed by atoms with Gasteiger partial charge >= 0.3 is 0 Å². The van der Waals surface area contributed by atoms with Gasteiger partial charge < -0.3 is 0 Å². The molecule has 1 atom stereocenters. The highest BCUT2D eigenvalue weighted by Crippen LogP contribution is 2.61. The number of hydrogen-bond donors (Lipinski definition) is 0. The summed E-state index contributed by atoms with van der Waals surface area (Å²) in [6.07, 6.45) is 0. The highest BCUT2D eigenvalue weighted by molar-refractivity contribution is 9.10. The van der Waals surface area contributed by atoms with E-state index in [1.54, 1.807) is 0 Å². The topological polar surface area (TPSA) is 0 Å². The molecule has 0 amide bonds. The van der Waals surface area contributed by atoms with Crippen LogP contribution in [0.1, 0.15) is 22.3 Å². The lowest BCUT2D eigenvalue weighted by Gasteiger charge is -2.35. The first-order valence-corrected chi connectivity index (χ1v) is 12.3. The molecule has 156 valence electrons. The molecular weight excluding hydrogens is 488 g/mol. The van der Waals surface area contributed by atoms with Crippen LogP contribution in [0, 0.1) is 0 Å². The smallest absolute Gasteiger partial charge is 0.0725 e. The van der Waals surface area contributed by atoms with Crippen molar-refractivity contribution in [3.63, 3.8) is 0 Å². The second-order valence-electron chi connectivity index (χ2n) is 8.77. The molecule has 5 aromatic rings. The van der Waals surface area contributed by atoms with Gasteiger partial charge in [0, 0.05) is 9.50 Å². The third kappa shape index (κ3) is 2.47. The van der Waals surface area contributed by atoms with Crippen molar-refractivity contribution in [2.75, 3.05) is 0 Å². The van der Waals surface area contributed by atoms with Gasteiger partial charge in [0.2, 0.25) is 0 Å². The average Bonchev–Trinajstić information content (AvgIpc) is 3.08. The molecular formula is C31H18BrCl. The predicted octanol–water partition coefficient (Wildman–Crippen LogP) is 9.11. The van der Waals surface area contributed by atoms with Crippen LogP contribution >= 0.6 is 27.5 Å². The molecule has 0 N–H and O–H groups in total. The van der Waals surface area contributed by atoms with E-state index in [0.29, 0.717) is 0 Å². The van der Waals surface area contributed by atoms with E-state index in [4.69, 9.17) is 11.6 Å². The monoisotopic (exact) mass is 504 g/mol. The Morgan fingerprint density at radius 2 is 0.909 bits per heavy atom. The van der Waals surface area contributed by atoms with E-state index in [2.05, 4.69) is 119 Å². The van der Waals surface area contributed by atoms with Crippen molar-refractivity contribution in [2.45, 2.75) is 5.41 Å². The van der Waals surface area contributed by atoms with Crippen LogP contribution in [0.4, 0.5) is 0 Å². The van der Waals surface area contributed by atoms with E-state index in [9.17, 15) is 0 Å². The minimum absolute atomic E-state index is 0.428. The summed E-state index contributed by atoms with van der Waals surface area (Å²) in [5, 5.41) is 0.766. The lowest BCUT2D eigenvalue weighted by atomic mass is 9.66. The van der Waals surface area contributed by atoms with Gasteiger partial charge in [0.25, 0.3) is 0 Å². The summed E-state index contributed by atoms with van der Waals surface area (Å²) in [5.41, 5.74) is 12.3. The van der Waals surface area contributed by atoms with Gasteiger partial charge in [-0.05, 0) is 79.9 Å². The van der Waals surface area contributed by atoms with E-state index in [-0.39, 0.29) is 0 Å². The molecule has 0 aromatic heterocycles. The third-order valence-electron chi connectivity index (χ3n) is 7.23. The molecule has 0 nitrogen and oxygen atoms in total. The van der Waals surface area contributed by atoms with E-state index in [1.807, 2.05) is 6.07 Å². The molecule has 0 aliphatic heterocycles. The zero-order valence-electron chi connectivity index (χ0n) is 17.6. The van der Waals surface area contributed by atoms with Crippen LogP contribution in [-0.2, 0) is 5.41 Å². The molecule has 2 aliphatic rings. The Bertz CT molecular complexity index is 1600. The van der Waals surface area contributed by atoms with E-state index in [0.717, 1.165) is 9.50 Å². The average molecular weight is 506 g/mol.